The summed E-state index contributed by atoms with van der Waals surface area (Å²) in [6.07, 6.45) is 0. The standard InChI is InChI=1S/C15H26N4O2S/c1-10(2)7-19-12(4)15(11(3)17-19)22(20,21)18-8-13-5-16-6-14(13)9-18/h10,13-14,16H,5-9H2,1-4H3/t13-,14+. The van der Waals surface area contributed by atoms with Crippen LogP contribution in [-0.2, 0) is 16.6 Å². The van der Waals surface area contributed by atoms with Crippen LogP contribution in [0.1, 0.15) is 25.2 Å². The zero-order chi connectivity index (χ0) is 16.1. The number of sulfonamides is 1. The second-order valence-electron chi connectivity index (χ2n) is 7.08. The highest BCUT2D eigenvalue weighted by Gasteiger charge is 2.43. The molecule has 22 heavy (non-hydrogen) atoms. The maximum Gasteiger partial charge on any atom is 0.246 e. The van der Waals surface area contributed by atoms with Crippen LogP contribution in [0.3, 0.4) is 0 Å². The number of nitrogens with one attached hydrogen (secondary N) is 1. The Labute approximate surface area is 132 Å². The normalized spacial score (nSPS) is 26.0. The van der Waals surface area contributed by atoms with Crippen molar-refractivity contribution in [3.8, 4) is 0 Å². The molecule has 3 rings (SSSR count). The molecule has 2 aliphatic heterocycles. The molecular formula is C15H26N4O2S. The average Bonchev–Trinajstić information content (AvgIpc) is 3.03. The van der Waals surface area contributed by atoms with E-state index in [1.807, 2.05) is 11.6 Å². The van der Waals surface area contributed by atoms with E-state index in [0.717, 1.165) is 25.3 Å². The average molecular weight is 326 g/mol. The van der Waals surface area contributed by atoms with Crippen LogP contribution in [0.15, 0.2) is 4.90 Å². The number of rotatable bonds is 4. The molecule has 0 saturated carbocycles. The Hall–Kier alpha value is -0.920. The second kappa shape index (κ2) is 5.62. The van der Waals surface area contributed by atoms with Crippen molar-refractivity contribution in [2.45, 2.75) is 39.1 Å². The minimum Gasteiger partial charge on any atom is -0.316 e. The van der Waals surface area contributed by atoms with Crippen molar-refractivity contribution >= 4 is 10.0 Å². The van der Waals surface area contributed by atoms with Gasteiger partial charge in [0.2, 0.25) is 10.0 Å². The Kier molecular flexibility index (Phi) is 4.07. The van der Waals surface area contributed by atoms with E-state index in [9.17, 15) is 8.42 Å². The summed E-state index contributed by atoms with van der Waals surface area (Å²) in [4.78, 5) is 0.418. The summed E-state index contributed by atoms with van der Waals surface area (Å²) < 4.78 is 29.6. The first kappa shape index (κ1) is 16.0. The number of aryl methyl sites for hydroxylation is 1. The number of aromatic nitrogens is 2. The minimum absolute atomic E-state index is 0.418. The van der Waals surface area contributed by atoms with E-state index in [4.69, 9.17) is 0 Å². The van der Waals surface area contributed by atoms with Gasteiger partial charge in [-0.1, -0.05) is 13.8 Å². The lowest BCUT2D eigenvalue weighted by Crippen LogP contribution is -2.32. The highest BCUT2D eigenvalue weighted by molar-refractivity contribution is 7.89. The Morgan fingerprint density at radius 1 is 1.23 bits per heavy atom. The SMILES string of the molecule is Cc1nn(CC(C)C)c(C)c1S(=O)(=O)N1C[C@H]2CNC[C@H]2C1. The van der Waals surface area contributed by atoms with Gasteiger partial charge in [0.05, 0.1) is 11.4 Å². The van der Waals surface area contributed by atoms with Crippen LogP contribution in [0.5, 0.6) is 0 Å². The first-order valence-corrected chi connectivity index (χ1v) is 9.49. The first-order valence-electron chi connectivity index (χ1n) is 8.05. The first-order chi connectivity index (χ1) is 10.3. The van der Waals surface area contributed by atoms with Gasteiger partial charge in [0.25, 0.3) is 0 Å². The second-order valence-corrected chi connectivity index (χ2v) is 8.95. The van der Waals surface area contributed by atoms with E-state index in [-0.39, 0.29) is 0 Å². The summed E-state index contributed by atoms with van der Waals surface area (Å²) >= 11 is 0. The molecule has 0 aromatic carbocycles. The lowest BCUT2D eigenvalue weighted by Gasteiger charge is -2.18. The van der Waals surface area contributed by atoms with E-state index < -0.39 is 10.0 Å². The highest BCUT2D eigenvalue weighted by Crippen LogP contribution is 2.32. The molecule has 2 aliphatic rings. The molecule has 0 amide bonds. The quantitative estimate of drug-likeness (QED) is 0.896. The molecule has 1 aromatic heterocycles. The Morgan fingerprint density at radius 2 is 1.82 bits per heavy atom. The van der Waals surface area contributed by atoms with Gasteiger partial charge in [0.15, 0.2) is 0 Å². The summed E-state index contributed by atoms with van der Waals surface area (Å²) in [6, 6.07) is 0. The van der Waals surface area contributed by atoms with Crippen LogP contribution < -0.4 is 5.32 Å². The van der Waals surface area contributed by atoms with Gasteiger partial charge >= 0.3 is 0 Å². The smallest absolute Gasteiger partial charge is 0.246 e. The van der Waals surface area contributed by atoms with Crippen LogP contribution in [0.2, 0.25) is 0 Å². The molecule has 0 unspecified atom stereocenters. The molecule has 3 heterocycles. The molecule has 7 heteroatoms. The molecule has 0 aliphatic carbocycles. The van der Waals surface area contributed by atoms with Crippen LogP contribution in [0.4, 0.5) is 0 Å². The zero-order valence-corrected chi connectivity index (χ0v) is 14.7. The molecule has 2 fully saturated rings. The van der Waals surface area contributed by atoms with E-state index in [1.165, 1.54) is 0 Å². The van der Waals surface area contributed by atoms with Crippen molar-refractivity contribution in [2.24, 2.45) is 17.8 Å². The maximum atomic E-state index is 13.1. The van der Waals surface area contributed by atoms with Gasteiger partial charge in [0.1, 0.15) is 4.90 Å². The largest absolute Gasteiger partial charge is 0.316 e. The van der Waals surface area contributed by atoms with Crippen molar-refractivity contribution < 1.29 is 8.42 Å². The molecule has 0 bridgehead atoms. The molecular weight excluding hydrogens is 300 g/mol. The summed E-state index contributed by atoms with van der Waals surface area (Å²) in [7, 11) is -3.43. The number of fused-ring (bicyclic) bond motifs is 1. The summed E-state index contributed by atoms with van der Waals surface area (Å²) in [6.45, 7) is 11.8. The summed E-state index contributed by atoms with van der Waals surface area (Å²) in [5.41, 5.74) is 1.38. The monoisotopic (exact) mass is 326 g/mol. The number of hydrogen-bond acceptors (Lipinski definition) is 4. The molecule has 0 radical (unpaired) electrons. The molecule has 6 nitrogen and oxygen atoms in total. The van der Waals surface area contributed by atoms with Gasteiger partial charge in [0, 0.05) is 19.6 Å². The van der Waals surface area contributed by atoms with Crippen molar-refractivity contribution in [2.75, 3.05) is 26.2 Å². The van der Waals surface area contributed by atoms with E-state index in [1.54, 1.807) is 11.2 Å². The minimum atomic E-state index is -3.43. The lowest BCUT2D eigenvalue weighted by atomic mass is 10.0. The maximum absolute atomic E-state index is 13.1. The van der Waals surface area contributed by atoms with Crippen molar-refractivity contribution in [1.82, 2.24) is 19.4 Å². The van der Waals surface area contributed by atoms with Crippen LogP contribution in [-0.4, -0.2) is 48.7 Å². The Morgan fingerprint density at radius 3 is 2.36 bits per heavy atom. The summed E-state index contributed by atoms with van der Waals surface area (Å²) in [5, 5.41) is 7.81. The van der Waals surface area contributed by atoms with Gasteiger partial charge in [-0.05, 0) is 44.7 Å². The topological polar surface area (TPSA) is 67.2 Å². The predicted octanol–water partition coefficient (Wildman–Crippen LogP) is 0.996. The number of hydrogen-bond donors (Lipinski definition) is 1. The van der Waals surface area contributed by atoms with Crippen molar-refractivity contribution in [3.05, 3.63) is 11.4 Å². The third kappa shape index (κ3) is 2.59. The van der Waals surface area contributed by atoms with Gasteiger partial charge in [-0.25, -0.2) is 8.42 Å². The molecule has 0 spiro atoms. The molecule has 1 N–H and O–H groups in total. The van der Waals surface area contributed by atoms with Crippen molar-refractivity contribution in [1.29, 1.82) is 0 Å². The zero-order valence-electron chi connectivity index (χ0n) is 13.8. The third-order valence-electron chi connectivity index (χ3n) is 4.81. The fourth-order valence-electron chi connectivity index (χ4n) is 3.72. The van der Waals surface area contributed by atoms with Gasteiger partial charge in [-0.3, -0.25) is 4.68 Å². The van der Waals surface area contributed by atoms with Crippen molar-refractivity contribution in [3.63, 3.8) is 0 Å². The molecule has 1 aromatic rings. The van der Waals surface area contributed by atoms with E-state index >= 15 is 0 Å². The van der Waals surface area contributed by atoms with Crippen LogP contribution in [0.25, 0.3) is 0 Å². The number of nitrogens with zero attached hydrogens (tertiary/aromatic N) is 3. The predicted molar refractivity (Wildman–Crippen MR) is 85.1 cm³/mol. The third-order valence-corrected chi connectivity index (χ3v) is 6.89. The molecule has 2 saturated heterocycles. The van der Waals surface area contributed by atoms with Crippen LogP contribution >= 0.6 is 0 Å². The Bertz CT molecular complexity index is 653. The Balaban J connectivity index is 1.91. The lowest BCUT2D eigenvalue weighted by molar-refractivity contribution is 0.446. The van der Waals surface area contributed by atoms with Gasteiger partial charge in [-0.15, -0.1) is 0 Å². The van der Waals surface area contributed by atoms with Crippen LogP contribution in [0, 0.1) is 31.6 Å². The fraction of sp³-hybridized carbons (Fsp3) is 0.800. The highest BCUT2D eigenvalue weighted by atomic mass is 32.2. The summed E-state index contributed by atoms with van der Waals surface area (Å²) in [5.74, 6) is 1.35. The molecule has 2 atom stereocenters. The van der Waals surface area contributed by atoms with Gasteiger partial charge in [-0.2, -0.15) is 9.40 Å². The van der Waals surface area contributed by atoms with E-state index in [2.05, 4.69) is 24.3 Å². The van der Waals surface area contributed by atoms with E-state index in [0.29, 0.717) is 41.4 Å². The van der Waals surface area contributed by atoms with Gasteiger partial charge < -0.3 is 5.32 Å². The fourth-order valence-corrected chi connectivity index (χ4v) is 5.64. The molecule has 124 valence electrons.